The van der Waals surface area contributed by atoms with E-state index in [9.17, 15) is 4.79 Å². The van der Waals surface area contributed by atoms with Crippen molar-refractivity contribution in [2.45, 2.75) is 63.6 Å². The summed E-state index contributed by atoms with van der Waals surface area (Å²) in [5.41, 5.74) is 1.25. The van der Waals surface area contributed by atoms with E-state index in [0.717, 1.165) is 31.7 Å². The van der Waals surface area contributed by atoms with Crippen LogP contribution in [0.3, 0.4) is 0 Å². The number of ether oxygens (including phenoxy) is 1. The summed E-state index contributed by atoms with van der Waals surface area (Å²) in [6.07, 6.45) is 4.68. The van der Waals surface area contributed by atoms with Crippen molar-refractivity contribution < 1.29 is 9.53 Å². The number of rotatable bonds is 4. The molecule has 4 nitrogen and oxygen atoms in total. The van der Waals surface area contributed by atoms with Crippen LogP contribution < -0.4 is 4.74 Å². The van der Waals surface area contributed by atoms with Gasteiger partial charge in [-0.15, -0.1) is 0 Å². The smallest absolute Gasteiger partial charge is 0.226 e. The molecule has 0 unspecified atom stereocenters. The van der Waals surface area contributed by atoms with E-state index in [1.165, 1.54) is 18.4 Å². The molecule has 1 aliphatic carbocycles. The Bertz CT molecular complexity index is 645. The van der Waals surface area contributed by atoms with Gasteiger partial charge in [0, 0.05) is 37.1 Å². The molecule has 4 atom stereocenters. The van der Waals surface area contributed by atoms with Gasteiger partial charge in [-0.3, -0.25) is 9.69 Å². The third kappa shape index (κ3) is 3.17. The Kier molecular flexibility index (Phi) is 4.48. The fourth-order valence-corrected chi connectivity index (χ4v) is 5.10. The van der Waals surface area contributed by atoms with Crippen LogP contribution in [0, 0.1) is 5.92 Å². The molecule has 4 rings (SSSR count). The second-order valence-corrected chi connectivity index (χ2v) is 8.22. The number of carbonyl (C=O) groups excluding carboxylic acids is 1. The lowest BCUT2D eigenvalue weighted by Crippen LogP contribution is -2.44. The van der Waals surface area contributed by atoms with Crippen molar-refractivity contribution in [2.24, 2.45) is 5.92 Å². The van der Waals surface area contributed by atoms with Crippen LogP contribution in [-0.4, -0.2) is 54.0 Å². The number of hydrogen-bond acceptors (Lipinski definition) is 3. The van der Waals surface area contributed by atoms with E-state index in [4.69, 9.17) is 4.74 Å². The molecule has 2 bridgehead atoms. The van der Waals surface area contributed by atoms with Gasteiger partial charge in [-0.2, -0.15) is 0 Å². The van der Waals surface area contributed by atoms with Crippen molar-refractivity contribution in [3.05, 3.63) is 29.8 Å². The van der Waals surface area contributed by atoms with Crippen LogP contribution in [-0.2, 0) is 4.79 Å². The summed E-state index contributed by atoms with van der Waals surface area (Å²) in [7, 11) is 1.70. The standard InChI is InChI=1S/C21H30N2O2/c1-14(2)23-16-7-8-17(23)13-22(10-9-16)21(24)20-12-19(20)15-5-4-6-18(11-15)25-3/h4-6,11,14,16-17,19-20H,7-10,12-13H2,1-3H3/t16-,17+,19+,20+/m1/s1. The minimum Gasteiger partial charge on any atom is -0.497 e. The summed E-state index contributed by atoms with van der Waals surface area (Å²) in [5.74, 6) is 1.82. The van der Waals surface area contributed by atoms with Crippen molar-refractivity contribution in [3.8, 4) is 5.75 Å². The van der Waals surface area contributed by atoms with Gasteiger partial charge in [-0.1, -0.05) is 12.1 Å². The Balaban J connectivity index is 1.42. The molecule has 0 radical (unpaired) electrons. The Hall–Kier alpha value is -1.55. The third-order valence-corrected chi connectivity index (χ3v) is 6.38. The molecule has 1 amide bonds. The normalized spacial score (nSPS) is 31.9. The fourth-order valence-electron chi connectivity index (χ4n) is 5.10. The van der Waals surface area contributed by atoms with Gasteiger partial charge in [-0.05, 0) is 63.1 Å². The van der Waals surface area contributed by atoms with Crippen LogP contribution in [0.2, 0.25) is 0 Å². The number of likely N-dealkylation sites (tertiary alicyclic amines) is 1. The van der Waals surface area contributed by atoms with Crippen molar-refractivity contribution in [1.82, 2.24) is 9.80 Å². The van der Waals surface area contributed by atoms with Crippen LogP contribution in [0.25, 0.3) is 0 Å². The minimum atomic E-state index is 0.177. The van der Waals surface area contributed by atoms with E-state index in [-0.39, 0.29) is 5.92 Å². The second-order valence-electron chi connectivity index (χ2n) is 8.22. The van der Waals surface area contributed by atoms with Crippen molar-refractivity contribution >= 4 is 5.91 Å². The Morgan fingerprint density at radius 2 is 2.00 bits per heavy atom. The topological polar surface area (TPSA) is 32.8 Å². The van der Waals surface area contributed by atoms with Gasteiger partial charge in [0.2, 0.25) is 5.91 Å². The number of methoxy groups -OCH3 is 1. The van der Waals surface area contributed by atoms with Crippen LogP contribution in [0.15, 0.2) is 24.3 Å². The highest BCUT2D eigenvalue weighted by molar-refractivity contribution is 5.83. The van der Waals surface area contributed by atoms with Crippen LogP contribution in [0.5, 0.6) is 5.75 Å². The van der Waals surface area contributed by atoms with Gasteiger partial charge in [0.25, 0.3) is 0 Å². The first kappa shape index (κ1) is 16.9. The lowest BCUT2D eigenvalue weighted by Gasteiger charge is -2.32. The molecule has 1 aromatic carbocycles. The fraction of sp³-hybridized carbons (Fsp3) is 0.667. The SMILES string of the molecule is COc1cccc([C@@H]2C[C@@H]2C(=O)N2CC[C@H]3CC[C@@H](C2)N3C(C)C)c1. The van der Waals surface area contributed by atoms with E-state index >= 15 is 0 Å². The van der Waals surface area contributed by atoms with Gasteiger partial charge in [0.15, 0.2) is 0 Å². The summed E-state index contributed by atoms with van der Waals surface area (Å²) in [4.78, 5) is 17.9. The maximum Gasteiger partial charge on any atom is 0.226 e. The number of benzene rings is 1. The predicted molar refractivity (Wildman–Crippen MR) is 98.8 cm³/mol. The molecular formula is C21H30N2O2. The largest absolute Gasteiger partial charge is 0.497 e. The summed E-state index contributed by atoms with van der Waals surface area (Å²) < 4.78 is 5.33. The average Bonchev–Trinajstić information content (AvgIpc) is 3.33. The molecular weight excluding hydrogens is 312 g/mol. The van der Waals surface area contributed by atoms with E-state index in [2.05, 4.69) is 35.8 Å². The number of carbonyl (C=O) groups is 1. The Morgan fingerprint density at radius 1 is 1.20 bits per heavy atom. The summed E-state index contributed by atoms with van der Waals surface area (Å²) in [6.45, 7) is 6.45. The lowest BCUT2D eigenvalue weighted by atomic mass is 10.1. The second kappa shape index (κ2) is 6.64. The quantitative estimate of drug-likeness (QED) is 0.842. The summed E-state index contributed by atoms with van der Waals surface area (Å²) in [5, 5.41) is 0. The maximum absolute atomic E-state index is 13.1. The first-order valence-corrected chi connectivity index (χ1v) is 9.78. The molecule has 136 valence electrons. The van der Waals surface area contributed by atoms with Crippen molar-refractivity contribution in [1.29, 1.82) is 0 Å². The monoisotopic (exact) mass is 342 g/mol. The first-order chi connectivity index (χ1) is 12.1. The highest BCUT2D eigenvalue weighted by Crippen LogP contribution is 2.49. The molecule has 25 heavy (non-hydrogen) atoms. The van der Waals surface area contributed by atoms with E-state index in [0.29, 0.717) is 30.0 Å². The minimum absolute atomic E-state index is 0.177. The maximum atomic E-state index is 13.1. The molecule has 3 fully saturated rings. The van der Waals surface area contributed by atoms with Crippen molar-refractivity contribution in [2.75, 3.05) is 20.2 Å². The molecule has 0 N–H and O–H groups in total. The predicted octanol–water partition coefficient (Wildman–Crippen LogP) is 3.27. The highest BCUT2D eigenvalue weighted by Gasteiger charge is 2.48. The van der Waals surface area contributed by atoms with Crippen molar-refractivity contribution in [3.63, 3.8) is 0 Å². The number of fused-ring (bicyclic) bond motifs is 2. The molecule has 0 spiro atoms. The van der Waals surface area contributed by atoms with E-state index < -0.39 is 0 Å². The van der Waals surface area contributed by atoms with Crippen LogP contribution in [0.1, 0.15) is 51.0 Å². The van der Waals surface area contributed by atoms with E-state index in [1.807, 2.05) is 12.1 Å². The molecule has 0 aromatic heterocycles. The van der Waals surface area contributed by atoms with E-state index in [1.54, 1.807) is 7.11 Å². The number of amides is 1. The van der Waals surface area contributed by atoms with Crippen LogP contribution in [0.4, 0.5) is 0 Å². The van der Waals surface area contributed by atoms with Gasteiger partial charge in [-0.25, -0.2) is 0 Å². The average molecular weight is 342 g/mol. The summed E-state index contributed by atoms with van der Waals surface area (Å²) in [6, 6.07) is 10.0. The first-order valence-electron chi connectivity index (χ1n) is 9.78. The molecule has 1 saturated carbocycles. The summed E-state index contributed by atoms with van der Waals surface area (Å²) >= 11 is 0. The van der Waals surface area contributed by atoms with Crippen LogP contribution >= 0.6 is 0 Å². The number of nitrogens with zero attached hydrogens (tertiary/aromatic N) is 2. The molecule has 1 aromatic rings. The third-order valence-electron chi connectivity index (χ3n) is 6.38. The highest BCUT2D eigenvalue weighted by atomic mass is 16.5. The molecule has 2 heterocycles. The molecule has 3 aliphatic rings. The zero-order valence-corrected chi connectivity index (χ0v) is 15.6. The number of hydrogen-bond donors (Lipinski definition) is 0. The Morgan fingerprint density at radius 3 is 2.76 bits per heavy atom. The van der Waals surface area contributed by atoms with Gasteiger partial charge < -0.3 is 9.64 Å². The zero-order chi connectivity index (χ0) is 17.6. The van der Waals surface area contributed by atoms with Gasteiger partial charge in [0.1, 0.15) is 5.75 Å². The molecule has 2 saturated heterocycles. The van der Waals surface area contributed by atoms with Gasteiger partial charge in [0.05, 0.1) is 7.11 Å². The Labute approximate surface area is 151 Å². The van der Waals surface area contributed by atoms with Gasteiger partial charge >= 0.3 is 0 Å². The molecule has 2 aliphatic heterocycles. The zero-order valence-electron chi connectivity index (χ0n) is 15.6. The lowest BCUT2D eigenvalue weighted by molar-refractivity contribution is -0.133. The molecule has 4 heteroatoms.